The molecule has 0 aliphatic rings. The van der Waals surface area contributed by atoms with Crippen molar-refractivity contribution < 1.29 is 18.0 Å². The molecule has 2 nitrogen and oxygen atoms in total. The van der Waals surface area contributed by atoms with Gasteiger partial charge in [0.2, 0.25) is 0 Å². The van der Waals surface area contributed by atoms with Gasteiger partial charge in [-0.3, -0.25) is 4.79 Å². The number of hydrogen-bond donors (Lipinski definition) is 0. The van der Waals surface area contributed by atoms with Crippen molar-refractivity contribution >= 4 is 6.29 Å². The van der Waals surface area contributed by atoms with Crippen LogP contribution < -0.4 is 0 Å². The molecule has 2 aromatic rings. The van der Waals surface area contributed by atoms with E-state index in [1.54, 1.807) is 0 Å². The summed E-state index contributed by atoms with van der Waals surface area (Å²) in [6.07, 6.45) is -1.04. The van der Waals surface area contributed by atoms with Gasteiger partial charge in [0.1, 0.15) is 0 Å². The van der Waals surface area contributed by atoms with Gasteiger partial charge in [-0.2, -0.15) is 13.2 Å². The molecule has 0 atom stereocenters. The highest BCUT2D eigenvalue weighted by Crippen LogP contribution is 2.33. The zero-order chi connectivity index (χ0) is 12.5. The number of carbonyl (C=O) groups excluding carboxylic acids is 1. The summed E-state index contributed by atoms with van der Waals surface area (Å²) in [7, 11) is 0. The van der Waals surface area contributed by atoms with Crippen LogP contribution in [0.5, 0.6) is 0 Å². The number of hydrogen-bond acceptors (Lipinski definition) is 1. The van der Waals surface area contributed by atoms with Crippen LogP contribution in [0.3, 0.4) is 0 Å². The first-order valence-corrected chi connectivity index (χ1v) is 4.82. The van der Waals surface area contributed by atoms with Crippen molar-refractivity contribution in [3.63, 3.8) is 0 Å². The molecule has 0 amide bonds. The molecule has 1 aromatic carbocycles. The van der Waals surface area contributed by atoms with Gasteiger partial charge < -0.3 is 4.57 Å². The van der Waals surface area contributed by atoms with E-state index >= 15 is 0 Å². The van der Waals surface area contributed by atoms with Crippen LogP contribution >= 0.6 is 0 Å². The molecule has 0 bridgehead atoms. The van der Waals surface area contributed by atoms with Gasteiger partial charge in [0, 0.05) is 18.0 Å². The van der Waals surface area contributed by atoms with E-state index in [1.165, 1.54) is 41.2 Å². The minimum atomic E-state index is -4.41. The minimum Gasteiger partial charge on any atom is -0.323 e. The summed E-state index contributed by atoms with van der Waals surface area (Å²) in [5.41, 5.74) is -0.386. The summed E-state index contributed by atoms with van der Waals surface area (Å²) in [6.45, 7) is 0. The molecule has 0 radical (unpaired) electrons. The van der Waals surface area contributed by atoms with Gasteiger partial charge in [0.05, 0.1) is 11.3 Å². The predicted molar refractivity (Wildman–Crippen MR) is 56.2 cm³/mol. The normalized spacial score (nSPS) is 11.5. The number of para-hydroxylation sites is 1. The van der Waals surface area contributed by atoms with E-state index in [1.807, 2.05) is 0 Å². The van der Waals surface area contributed by atoms with Crippen LogP contribution in [-0.2, 0) is 6.18 Å². The molecule has 88 valence electrons. The molecular weight excluding hydrogens is 231 g/mol. The lowest BCUT2D eigenvalue weighted by Gasteiger charge is -2.13. The highest BCUT2D eigenvalue weighted by Gasteiger charge is 2.33. The zero-order valence-corrected chi connectivity index (χ0v) is 8.61. The third-order valence-corrected chi connectivity index (χ3v) is 2.34. The van der Waals surface area contributed by atoms with Gasteiger partial charge in [0.25, 0.3) is 0 Å². The van der Waals surface area contributed by atoms with Gasteiger partial charge >= 0.3 is 6.18 Å². The maximum atomic E-state index is 12.7. The summed E-state index contributed by atoms with van der Waals surface area (Å²) in [5.74, 6) is 0. The second-order valence-corrected chi connectivity index (χ2v) is 3.48. The fourth-order valence-corrected chi connectivity index (χ4v) is 1.57. The van der Waals surface area contributed by atoms with Gasteiger partial charge in [-0.05, 0) is 18.2 Å². The third-order valence-electron chi connectivity index (χ3n) is 2.34. The van der Waals surface area contributed by atoms with E-state index < -0.39 is 11.7 Å². The molecule has 0 N–H and O–H groups in total. The minimum absolute atomic E-state index is 0.00750. The quantitative estimate of drug-likeness (QED) is 0.737. The fourth-order valence-electron chi connectivity index (χ4n) is 1.57. The number of benzene rings is 1. The van der Waals surface area contributed by atoms with E-state index in [-0.39, 0.29) is 5.69 Å². The second-order valence-electron chi connectivity index (χ2n) is 3.48. The van der Waals surface area contributed by atoms with Crippen LogP contribution in [0.15, 0.2) is 42.7 Å². The van der Waals surface area contributed by atoms with Gasteiger partial charge in [-0.15, -0.1) is 0 Å². The largest absolute Gasteiger partial charge is 0.418 e. The van der Waals surface area contributed by atoms with E-state index in [0.717, 1.165) is 6.07 Å². The first-order valence-electron chi connectivity index (χ1n) is 4.82. The third kappa shape index (κ3) is 2.22. The SMILES string of the molecule is O=Cc1ccn(-c2ccccc2C(F)(F)F)c1. The first-order chi connectivity index (χ1) is 8.02. The average Bonchev–Trinajstić information content (AvgIpc) is 2.76. The monoisotopic (exact) mass is 239 g/mol. The molecule has 0 spiro atoms. The molecule has 2 rings (SSSR count). The van der Waals surface area contributed by atoms with E-state index in [9.17, 15) is 18.0 Å². The Morgan fingerprint density at radius 2 is 1.82 bits per heavy atom. The molecule has 0 aliphatic heterocycles. The Morgan fingerprint density at radius 1 is 1.12 bits per heavy atom. The van der Waals surface area contributed by atoms with Gasteiger partial charge in [-0.25, -0.2) is 0 Å². The molecular formula is C12H8F3NO. The molecule has 5 heteroatoms. The van der Waals surface area contributed by atoms with Crippen molar-refractivity contribution in [2.45, 2.75) is 6.18 Å². The molecule has 0 fully saturated rings. The van der Waals surface area contributed by atoms with Crippen molar-refractivity contribution in [3.05, 3.63) is 53.9 Å². The number of aromatic nitrogens is 1. The number of alkyl halides is 3. The molecule has 0 unspecified atom stereocenters. The summed E-state index contributed by atoms with van der Waals surface area (Å²) >= 11 is 0. The second kappa shape index (κ2) is 4.08. The van der Waals surface area contributed by atoms with E-state index in [2.05, 4.69) is 0 Å². The molecule has 1 aromatic heterocycles. The fraction of sp³-hybridized carbons (Fsp3) is 0.0833. The van der Waals surface area contributed by atoms with Crippen LogP contribution in [0.4, 0.5) is 13.2 Å². The Hall–Kier alpha value is -2.04. The van der Waals surface area contributed by atoms with E-state index in [4.69, 9.17) is 0 Å². The Morgan fingerprint density at radius 3 is 2.41 bits per heavy atom. The van der Waals surface area contributed by atoms with Crippen LogP contribution in [0.2, 0.25) is 0 Å². The molecule has 0 aliphatic carbocycles. The predicted octanol–water partition coefficient (Wildman–Crippen LogP) is 3.31. The Labute approximate surface area is 95.3 Å². The Balaban J connectivity index is 2.55. The van der Waals surface area contributed by atoms with Crippen LogP contribution in [0.25, 0.3) is 5.69 Å². The highest BCUT2D eigenvalue weighted by molar-refractivity contribution is 5.74. The van der Waals surface area contributed by atoms with E-state index in [0.29, 0.717) is 11.8 Å². The molecule has 1 heterocycles. The lowest BCUT2D eigenvalue weighted by molar-refractivity contribution is -0.137. The number of nitrogens with zero attached hydrogens (tertiary/aromatic N) is 1. The van der Waals surface area contributed by atoms with Crippen LogP contribution in [0, 0.1) is 0 Å². The maximum absolute atomic E-state index is 12.7. The summed E-state index contributed by atoms with van der Waals surface area (Å²) in [6, 6.07) is 6.68. The summed E-state index contributed by atoms with van der Waals surface area (Å²) < 4.78 is 39.5. The standard InChI is InChI=1S/C12H8F3NO/c13-12(14,15)10-3-1-2-4-11(10)16-6-5-9(7-16)8-17/h1-8H. The van der Waals surface area contributed by atoms with Crippen molar-refractivity contribution in [3.8, 4) is 5.69 Å². The number of aldehydes is 1. The van der Waals surface area contributed by atoms with Gasteiger partial charge in [-0.1, -0.05) is 12.1 Å². The Bertz CT molecular complexity index is 543. The topological polar surface area (TPSA) is 22.0 Å². The first kappa shape index (κ1) is 11.4. The van der Waals surface area contributed by atoms with Crippen molar-refractivity contribution in [1.29, 1.82) is 0 Å². The van der Waals surface area contributed by atoms with Crippen LogP contribution in [0.1, 0.15) is 15.9 Å². The van der Waals surface area contributed by atoms with Crippen LogP contribution in [-0.4, -0.2) is 10.9 Å². The smallest absolute Gasteiger partial charge is 0.323 e. The highest BCUT2D eigenvalue weighted by atomic mass is 19.4. The maximum Gasteiger partial charge on any atom is 0.418 e. The summed E-state index contributed by atoms with van der Waals surface area (Å²) in [5, 5.41) is 0. The average molecular weight is 239 g/mol. The van der Waals surface area contributed by atoms with Crippen molar-refractivity contribution in [2.24, 2.45) is 0 Å². The zero-order valence-electron chi connectivity index (χ0n) is 8.61. The van der Waals surface area contributed by atoms with Crippen molar-refractivity contribution in [1.82, 2.24) is 4.57 Å². The number of rotatable bonds is 2. The molecule has 0 saturated heterocycles. The number of carbonyl (C=O) groups is 1. The summed E-state index contributed by atoms with van der Waals surface area (Å²) in [4.78, 5) is 10.5. The van der Waals surface area contributed by atoms with Crippen molar-refractivity contribution in [2.75, 3.05) is 0 Å². The lowest BCUT2D eigenvalue weighted by Crippen LogP contribution is -2.09. The molecule has 0 saturated carbocycles. The Kier molecular flexibility index (Phi) is 2.75. The molecule has 17 heavy (non-hydrogen) atoms. The van der Waals surface area contributed by atoms with Gasteiger partial charge in [0.15, 0.2) is 6.29 Å². The number of halogens is 3. The lowest BCUT2D eigenvalue weighted by atomic mass is 10.1.